The molecule has 3 heterocycles. The van der Waals surface area contributed by atoms with Gasteiger partial charge in [-0.1, -0.05) is 6.42 Å². The molecule has 14 heteroatoms. The molecule has 0 amide bonds. The maximum atomic E-state index is 13.3. The standard InChI is InChI=1S/C19H16N6O6S2/c26-17-15(18-21-12-5-4-11(25(28)29)6-14(12)33(30,31)23-18)19(27)24(8-10-2-1-3-10)22-16(17)13-7-20-9-32-13/h4-7,9-10,26H,1-3,8H2,(H,21,23). The molecule has 0 unspecified atom stereocenters. The molecular formula is C19H16N6O6S2. The summed E-state index contributed by atoms with van der Waals surface area (Å²) < 4.78 is 30.5. The van der Waals surface area contributed by atoms with Gasteiger partial charge in [-0.15, -0.1) is 15.7 Å². The van der Waals surface area contributed by atoms with Crippen molar-refractivity contribution in [2.45, 2.75) is 30.7 Å². The first-order valence-electron chi connectivity index (χ1n) is 9.88. The van der Waals surface area contributed by atoms with E-state index in [0.717, 1.165) is 31.4 Å². The molecule has 2 aromatic heterocycles. The van der Waals surface area contributed by atoms with Crippen LogP contribution in [0.2, 0.25) is 0 Å². The lowest BCUT2D eigenvalue weighted by molar-refractivity contribution is -0.385. The lowest BCUT2D eigenvalue weighted by Crippen LogP contribution is -2.36. The number of nitrogens with zero attached hydrogens (tertiary/aromatic N) is 5. The number of nitro benzene ring substituents is 1. The number of amidine groups is 1. The van der Waals surface area contributed by atoms with Crippen molar-refractivity contribution < 1.29 is 18.4 Å². The molecule has 2 N–H and O–H groups in total. The van der Waals surface area contributed by atoms with E-state index in [9.17, 15) is 28.4 Å². The minimum atomic E-state index is -4.39. The number of anilines is 1. The molecule has 1 fully saturated rings. The number of nitrogens with one attached hydrogen (secondary N) is 1. The van der Waals surface area contributed by atoms with E-state index in [2.05, 4.69) is 19.8 Å². The predicted octanol–water partition coefficient (Wildman–Crippen LogP) is 2.34. The van der Waals surface area contributed by atoms with Crippen LogP contribution in [0, 0.1) is 16.0 Å². The van der Waals surface area contributed by atoms with Crippen molar-refractivity contribution in [2.24, 2.45) is 10.3 Å². The monoisotopic (exact) mass is 488 g/mol. The van der Waals surface area contributed by atoms with Crippen molar-refractivity contribution in [3.05, 3.63) is 55.9 Å². The summed E-state index contributed by atoms with van der Waals surface area (Å²) in [6.45, 7) is 0.320. The van der Waals surface area contributed by atoms with Crippen LogP contribution in [0.1, 0.15) is 24.8 Å². The third-order valence-electron chi connectivity index (χ3n) is 5.61. The third-order valence-corrected chi connectivity index (χ3v) is 7.70. The smallest absolute Gasteiger partial charge is 0.286 e. The molecular weight excluding hydrogens is 472 g/mol. The summed E-state index contributed by atoms with van der Waals surface area (Å²) in [6, 6.07) is 3.24. The first-order valence-corrected chi connectivity index (χ1v) is 12.2. The SMILES string of the molecule is O=c1c(C2=NS(=O)(=O)c3cc([N+](=O)[O-])ccc3N2)c(O)c(-c2cncs2)nn1CC1CCC1. The molecule has 1 aliphatic carbocycles. The van der Waals surface area contributed by atoms with Crippen LogP contribution in [0.15, 0.2) is 44.0 Å². The Morgan fingerprint density at radius 3 is 2.76 bits per heavy atom. The Kier molecular flexibility index (Phi) is 4.97. The second-order valence-electron chi connectivity index (χ2n) is 7.70. The van der Waals surface area contributed by atoms with Gasteiger partial charge in [0, 0.05) is 24.9 Å². The summed E-state index contributed by atoms with van der Waals surface area (Å²) in [5.41, 5.74) is 0.176. The van der Waals surface area contributed by atoms with Gasteiger partial charge in [0.05, 0.1) is 21.0 Å². The van der Waals surface area contributed by atoms with Gasteiger partial charge >= 0.3 is 0 Å². The molecule has 0 spiro atoms. The fourth-order valence-corrected chi connectivity index (χ4v) is 5.44. The summed E-state index contributed by atoms with van der Waals surface area (Å²) in [6.07, 6.45) is 4.43. The number of benzene rings is 1. The summed E-state index contributed by atoms with van der Waals surface area (Å²) in [5.74, 6) is -0.650. The Labute approximate surface area is 190 Å². The Morgan fingerprint density at radius 2 is 2.12 bits per heavy atom. The average molecular weight is 489 g/mol. The highest BCUT2D eigenvalue weighted by Gasteiger charge is 2.32. The van der Waals surface area contributed by atoms with E-state index in [4.69, 9.17) is 0 Å². The number of nitro groups is 1. The van der Waals surface area contributed by atoms with Crippen molar-refractivity contribution in [3.8, 4) is 16.3 Å². The molecule has 12 nitrogen and oxygen atoms in total. The van der Waals surface area contributed by atoms with Gasteiger partial charge in [0.2, 0.25) is 0 Å². The third kappa shape index (κ3) is 3.66. The first kappa shape index (κ1) is 21.2. The van der Waals surface area contributed by atoms with Crippen LogP contribution in [0.3, 0.4) is 0 Å². The van der Waals surface area contributed by atoms with E-state index in [1.54, 1.807) is 5.51 Å². The van der Waals surface area contributed by atoms with Gasteiger partial charge in [0.15, 0.2) is 11.6 Å². The van der Waals surface area contributed by atoms with E-state index >= 15 is 0 Å². The number of thiazole rings is 1. The van der Waals surface area contributed by atoms with Crippen molar-refractivity contribution in [1.29, 1.82) is 0 Å². The number of hydrogen-bond donors (Lipinski definition) is 2. The van der Waals surface area contributed by atoms with Crippen molar-refractivity contribution in [1.82, 2.24) is 14.8 Å². The number of aromatic hydroxyl groups is 1. The molecule has 0 saturated heterocycles. The lowest BCUT2D eigenvalue weighted by Gasteiger charge is -2.26. The Hall–Kier alpha value is -3.65. The number of aromatic nitrogens is 3. The van der Waals surface area contributed by atoms with E-state index in [1.807, 2.05) is 0 Å². The van der Waals surface area contributed by atoms with Crippen molar-refractivity contribution >= 4 is 38.6 Å². The van der Waals surface area contributed by atoms with Crippen LogP contribution in [0.5, 0.6) is 5.75 Å². The molecule has 0 radical (unpaired) electrons. The van der Waals surface area contributed by atoms with Gasteiger partial charge in [-0.2, -0.15) is 13.5 Å². The molecule has 0 bridgehead atoms. The molecule has 1 saturated carbocycles. The van der Waals surface area contributed by atoms with Gasteiger partial charge in [0.25, 0.3) is 21.3 Å². The molecule has 33 heavy (non-hydrogen) atoms. The largest absolute Gasteiger partial charge is 0.505 e. The highest BCUT2D eigenvalue weighted by Crippen LogP contribution is 2.36. The summed E-state index contributed by atoms with van der Waals surface area (Å²) in [4.78, 5) is 27.7. The fourth-order valence-electron chi connectivity index (χ4n) is 3.69. The highest BCUT2D eigenvalue weighted by atomic mass is 32.2. The molecule has 170 valence electrons. The first-order chi connectivity index (χ1) is 15.7. The summed E-state index contributed by atoms with van der Waals surface area (Å²) in [5, 5.41) is 29.1. The van der Waals surface area contributed by atoms with Crippen molar-refractivity contribution in [3.63, 3.8) is 0 Å². The molecule has 1 aromatic carbocycles. The van der Waals surface area contributed by atoms with Crippen LogP contribution in [-0.2, 0) is 16.6 Å². The predicted molar refractivity (Wildman–Crippen MR) is 119 cm³/mol. The average Bonchev–Trinajstić information content (AvgIpc) is 3.26. The van der Waals surface area contributed by atoms with Crippen molar-refractivity contribution in [2.75, 3.05) is 5.32 Å². The number of non-ortho nitro benzene ring substituents is 1. The minimum absolute atomic E-state index is 0.00564. The van der Waals surface area contributed by atoms with Crippen LogP contribution in [0.25, 0.3) is 10.6 Å². The van der Waals surface area contributed by atoms with E-state index in [0.29, 0.717) is 11.4 Å². The molecule has 3 aromatic rings. The number of fused-ring (bicyclic) bond motifs is 1. The van der Waals surface area contributed by atoms with Gasteiger partial charge in [-0.05, 0) is 24.8 Å². The topological polar surface area (TPSA) is 170 Å². The molecule has 0 atom stereocenters. The van der Waals surface area contributed by atoms with Gasteiger partial charge in [0.1, 0.15) is 16.2 Å². The molecule has 2 aliphatic rings. The quantitative estimate of drug-likeness (QED) is 0.404. The fraction of sp³-hybridized carbons (Fsp3) is 0.263. The van der Waals surface area contributed by atoms with Crippen LogP contribution < -0.4 is 10.9 Å². The van der Waals surface area contributed by atoms with Crippen LogP contribution in [-0.4, -0.2) is 39.0 Å². The zero-order valence-corrected chi connectivity index (χ0v) is 18.5. The van der Waals surface area contributed by atoms with Gasteiger partial charge in [-0.3, -0.25) is 19.9 Å². The van der Waals surface area contributed by atoms with Crippen LogP contribution >= 0.6 is 11.3 Å². The maximum Gasteiger partial charge on any atom is 0.286 e. The maximum absolute atomic E-state index is 13.3. The zero-order chi connectivity index (χ0) is 23.3. The van der Waals surface area contributed by atoms with E-state index < -0.39 is 36.8 Å². The van der Waals surface area contributed by atoms with Crippen LogP contribution in [0.4, 0.5) is 11.4 Å². The Bertz CT molecular complexity index is 1480. The second-order valence-corrected chi connectivity index (χ2v) is 10.2. The minimum Gasteiger partial charge on any atom is -0.505 e. The normalized spacial score (nSPS) is 16.9. The zero-order valence-electron chi connectivity index (χ0n) is 16.8. The number of sulfonamides is 1. The van der Waals surface area contributed by atoms with Gasteiger partial charge in [-0.25, -0.2) is 4.68 Å². The number of hydrogen-bond acceptors (Lipinski definition) is 10. The number of rotatable bonds is 5. The summed E-state index contributed by atoms with van der Waals surface area (Å²) >= 11 is 1.20. The lowest BCUT2D eigenvalue weighted by atomic mass is 9.85. The highest BCUT2D eigenvalue weighted by molar-refractivity contribution is 7.90. The Balaban J connectivity index is 1.68. The molecule has 5 rings (SSSR count). The molecule has 1 aliphatic heterocycles. The van der Waals surface area contributed by atoms with Gasteiger partial charge < -0.3 is 10.4 Å². The second kappa shape index (κ2) is 7.74. The van der Waals surface area contributed by atoms with E-state index in [-0.39, 0.29) is 28.7 Å². The van der Waals surface area contributed by atoms with E-state index in [1.165, 1.54) is 28.3 Å². The Morgan fingerprint density at radius 1 is 1.33 bits per heavy atom. The summed E-state index contributed by atoms with van der Waals surface area (Å²) in [7, 11) is -4.39.